The lowest BCUT2D eigenvalue weighted by molar-refractivity contribution is -0.141. The van der Waals surface area contributed by atoms with E-state index in [1.54, 1.807) is 4.90 Å². The lowest BCUT2D eigenvalue weighted by Crippen LogP contribution is -2.50. The molecule has 3 aromatic rings. The smallest absolute Gasteiger partial charge is 0.243 e. The molecule has 2 amide bonds. The van der Waals surface area contributed by atoms with Gasteiger partial charge in [0.2, 0.25) is 18.6 Å². The van der Waals surface area contributed by atoms with Crippen molar-refractivity contribution in [3.05, 3.63) is 94.0 Å². The van der Waals surface area contributed by atoms with Crippen molar-refractivity contribution in [3.63, 3.8) is 0 Å². The SMILES string of the molecule is CCCCNC(=O)C(Cc1ccccc1)N(Cc1ccc(Br)cc1)C(=O)CCc1ccc2c(c1)OCO2. The molecule has 7 heteroatoms. The number of hydrogen-bond donors (Lipinski definition) is 1. The number of carbonyl (C=O) groups excluding carboxylic acids is 2. The zero-order chi connectivity index (χ0) is 26.0. The third-order valence-electron chi connectivity index (χ3n) is 6.43. The van der Waals surface area contributed by atoms with Gasteiger partial charge in [0.1, 0.15) is 6.04 Å². The van der Waals surface area contributed by atoms with Crippen LogP contribution in [0.1, 0.15) is 42.9 Å². The number of nitrogens with zero attached hydrogens (tertiary/aromatic N) is 1. The summed E-state index contributed by atoms with van der Waals surface area (Å²) in [6.07, 6.45) is 3.16. The number of nitrogens with one attached hydrogen (secondary N) is 1. The molecule has 0 saturated carbocycles. The van der Waals surface area contributed by atoms with Crippen LogP contribution in [0.2, 0.25) is 0 Å². The zero-order valence-electron chi connectivity index (χ0n) is 21.1. The van der Waals surface area contributed by atoms with Crippen molar-refractivity contribution in [2.24, 2.45) is 0 Å². The molecule has 194 valence electrons. The lowest BCUT2D eigenvalue weighted by atomic mass is 10.0. The summed E-state index contributed by atoms with van der Waals surface area (Å²) in [6, 6.07) is 22.9. The number of aryl methyl sites for hydroxylation is 1. The van der Waals surface area contributed by atoms with Crippen LogP contribution in [0.3, 0.4) is 0 Å². The van der Waals surface area contributed by atoms with E-state index in [4.69, 9.17) is 9.47 Å². The molecule has 0 spiro atoms. The summed E-state index contributed by atoms with van der Waals surface area (Å²) in [5.74, 6) is 1.24. The first-order valence-corrected chi connectivity index (χ1v) is 13.6. The van der Waals surface area contributed by atoms with Crippen molar-refractivity contribution in [1.29, 1.82) is 0 Å². The molecule has 0 radical (unpaired) electrons. The normalized spacial score (nSPS) is 12.7. The van der Waals surface area contributed by atoms with Crippen LogP contribution in [0.15, 0.2) is 77.3 Å². The van der Waals surface area contributed by atoms with Crippen LogP contribution in [0.4, 0.5) is 0 Å². The maximum Gasteiger partial charge on any atom is 0.243 e. The molecule has 0 fully saturated rings. The average molecular weight is 566 g/mol. The number of unbranched alkanes of at least 4 members (excludes halogenated alkanes) is 1. The summed E-state index contributed by atoms with van der Waals surface area (Å²) in [4.78, 5) is 29.0. The van der Waals surface area contributed by atoms with Crippen LogP contribution in [-0.2, 0) is 29.0 Å². The molecule has 1 aliphatic rings. The molecular weight excluding hydrogens is 532 g/mol. The van der Waals surface area contributed by atoms with Crippen molar-refractivity contribution < 1.29 is 19.1 Å². The Bertz CT molecular complexity index is 1180. The average Bonchev–Trinajstić information content (AvgIpc) is 3.39. The highest BCUT2D eigenvalue weighted by atomic mass is 79.9. The Morgan fingerprint density at radius 1 is 0.946 bits per heavy atom. The second kappa shape index (κ2) is 13.3. The van der Waals surface area contributed by atoms with E-state index in [-0.39, 0.29) is 25.0 Å². The van der Waals surface area contributed by atoms with Gasteiger partial charge in [-0.2, -0.15) is 0 Å². The summed E-state index contributed by atoms with van der Waals surface area (Å²) < 4.78 is 11.9. The Labute approximate surface area is 227 Å². The van der Waals surface area contributed by atoms with E-state index in [1.807, 2.05) is 72.8 Å². The molecule has 1 aliphatic heterocycles. The third kappa shape index (κ3) is 7.59. The Morgan fingerprint density at radius 2 is 1.68 bits per heavy atom. The van der Waals surface area contributed by atoms with Crippen molar-refractivity contribution >= 4 is 27.7 Å². The first kappa shape index (κ1) is 26.7. The second-order valence-corrected chi connectivity index (χ2v) is 10.1. The molecule has 0 bridgehead atoms. The molecule has 37 heavy (non-hydrogen) atoms. The Kier molecular flexibility index (Phi) is 9.60. The summed E-state index contributed by atoms with van der Waals surface area (Å²) in [5.41, 5.74) is 2.98. The van der Waals surface area contributed by atoms with Crippen molar-refractivity contribution in [2.75, 3.05) is 13.3 Å². The summed E-state index contributed by atoms with van der Waals surface area (Å²) >= 11 is 3.48. The standard InChI is InChI=1S/C30H33BrN2O4/c1-2-3-17-32-30(35)26(18-22-7-5-4-6-8-22)33(20-24-9-13-25(31)14-10-24)29(34)16-12-23-11-15-27-28(19-23)37-21-36-27/h4-11,13-15,19,26H,2-3,12,16-18,20-21H2,1H3,(H,32,35). The second-order valence-electron chi connectivity index (χ2n) is 9.19. The van der Waals surface area contributed by atoms with Crippen LogP contribution < -0.4 is 14.8 Å². The summed E-state index contributed by atoms with van der Waals surface area (Å²) in [5, 5.41) is 3.07. The van der Waals surface area contributed by atoms with E-state index >= 15 is 0 Å². The molecule has 0 aromatic heterocycles. The number of carbonyl (C=O) groups is 2. The number of ether oxygens (including phenoxy) is 2. The number of fused-ring (bicyclic) bond motifs is 1. The number of benzene rings is 3. The van der Waals surface area contributed by atoms with Crippen LogP contribution in [0.5, 0.6) is 11.5 Å². The topological polar surface area (TPSA) is 67.9 Å². The van der Waals surface area contributed by atoms with Gasteiger partial charge in [0.15, 0.2) is 11.5 Å². The highest BCUT2D eigenvalue weighted by molar-refractivity contribution is 9.10. The Balaban J connectivity index is 1.57. The molecule has 0 saturated heterocycles. The van der Waals surface area contributed by atoms with Crippen LogP contribution in [0, 0.1) is 0 Å². The van der Waals surface area contributed by atoms with Crippen molar-refractivity contribution in [3.8, 4) is 11.5 Å². The van der Waals surface area contributed by atoms with Crippen LogP contribution in [0.25, 0.3) is 0 Å². The summed E-state index contributed by atoms with van der Waals surface area (Å²) in [6.45, 7) is 3.25. The molecule has 1 unspecified atom stereocenters. The van der Waals surface area contributed by atoms with Gasteiger partial charge in [0.25, 0.3) is 0 Å². The fourth-order valence-electron chi connectivity index (χ4n) is 4.34. The van der Waals surface area contributed by atoms with Crippen LogP contribution >= 0.6 is 15.9 Å². The van der Waals surface area contributed by atoms with E-state index in [1.165, 1.54) is 0 Å². The quantitative estimate of drug-likeness (QED) is 0.288. The molecular formula is C30H33BrN2O4. The van der Waals surface area contributed by atoms with Crippen molar-refractivity contribution in [2.45, 2.75) is 51.6 Å². The van der Waals surface area contributed by atoms with Gasteiger partial charge < -0.3 is 19.7 Å². The number of rotatable bonds is 12. The van der Waals surface area contributed by atoms with Gasteiger partial charge in [-0.1, -0.05) is 77.8 Å². The minimum absolute atomic E-state index is 0.0628. The molecule has 1 atom stereocenters. The van der Waals surface area contributed by atoms with Gasteiger partial charge >= 0.3 is 0 Å². The molecule has 4 rings (SSSR count). The predicted octanol–water partition coefficient (Wildman–Crippen LogP) is 5.67. The fourth-order valence-corrected chi connectivity index (χ4v) is 4.60. The zero-order valence-corrected chi connectivity index (χ0v) is 22.7. The number of halogens is 1. The van der Waals surface area contributed by atoms with Crippen LogP contribution in [-0.4, -0.2) is 36.1 Å². The summed E-state index contributed by atoms with van der Waals surface area (Å²) in [7, 11) is 0. The number of hydrogen-bond acceptors (Lipinski definition) is 4. The molecule has 0 aliphatic carbocycles. The Hall–Kier alpha value is -3.32. The van der Waals surface area contributed by atoms with E-state index in [0.29, 0.717) is 31.7 Å². The highest BCUT2D eigenvalue weighted by Crippen LogP contribution is 2.33. The maximum atomic E-state index is 13.8. The van der Waals surface area contributed by atoms with Gasteiger partial charge in [-0.3, -0.25) is 9.59 Å². The largest absolute Gasteiger partial charge is 0.454 e. The predicted molar refractivity (Wildman–Crippen MR) is 147 cm³/mol. The molecule has 1 N–H and O–H groups in total. The van der Waals surface area contributed by atoms with Gasteiger partial charge in [-0.25, -0.2) is 0 Å². The molecule has 3 aromatic carbocycles. The maximum absolute atomic E-state index is 13.8. The Morgan fingerprint density at radius 3 is 2.43 bits per heavy atom. The van der Waals surface area contributed by atoms with E-state index in [0.717, 1.165) is 39.8 Å². The highest BCUT2D eigenvalue weighted by Gasteiger charge is 2.30. The fraction of sp³-hybridized carbons (Fsp3) is 0.333. The van der Waals surface area contributed by atoms with Gasteiger partial charge in [0.05, 0.1) is 0 Å². The first-order chi connectivity index (χ1) is 18.0. The van der Waals surface area contributed by atoms with Gasteiger partial charge in [-0.05, 0) is 53.8 Å². The van der Waals surface area contributed by atoms with E-state index in [2.05, 4.69) is 28.2 Å². The molecule has 1 heterocycles. The molecule has 6 nitrogen and oxygen atoms in total. The lowest BCUT2D eigenvalue weighted by Gasteiger charge is -2.31. The monoisotopic (exact) mass is 564 g/mol. The van der Waals surface area contributed by atoms with E-state index < -0.39 is 6.04 Å². The van der Waals surface area contributed by atoms with Crippen molar-refractivity contribution in [1.82, 2.24) is 10.2 Å². The van der Waals surface area contributed by atoms with E-state index in [9.17, 15) is 9.59 Å². The van der Waals surface area contributed by atoms with Gasteiger partial charge in [-0.15, -0.1) is 0 Å². The minimum Gasteiger partial charge on any atom is -0.454 e. The third-order valence-corrected chi connectivity index (χ3v) is 6.96. The first-order valence-electron chi connectivity index (χ1n) is 12.8. The number of amides is 2. The minimum atomic E-state index is -0.618. The van der Waals surface area contributed by atoms with Gasteiger partial charge in [0, 0.05) is 30.4 Å².